The van der Waals surface area contributed by atoms with Crippen molar-refractivity contribution in [3.05, 3.63) is 113 Å². The monoisotopic (exact) mass is 488 g/mol. The molecule has 3 aromatic carbocycles. The van der Waals surface area contributed by atoms with Gasteiger partial charge in [-0.1, -0.05) is 48.5 Å². The Kier molecular flexibility index (Phi) is 6.46. The minimum absolute atomic E-state index is 0.346. The number of aldehydes is 1. The number of carbonyl (C=O) groups excluding carboxylic acids is 1. The molecule has 0 fully saturated rings. The van der Waals surface area contributed by atoms with Crippen LogP contribution in [0.2, 0.25) is 0 Å². The van der Waals surface area contributed by atoms with Crippen molar-refractivity contribution in [3.8, 4) is 16.9 Å². The molecular formula is C29H23F3N2O2. The molecule has 7 heteroatoms. The molecule has 0 unspecified atom stereocenters. The van der Waals surface area contributed by atoms with Gasteiger partial charge in [-0.25, -0.2) is 0 Å². The molecule has 0 bridgehead atoms. The van der Waals surface area contributed by atoms with Gasteiger partial charge in [-0.15, -0.1) is 0 Å². The second-order valence-corrected chi connectivity index (χ2v) is 8.77. The Bertz CT molecular complexity index is 1380. The number of nitrogens with zero attached hydrogens (tertiary/aromatic N) is 2. The normalized spacial score (nSPS) is 12.9. The SMILES string of the molecule is O=Cc1cncc(OCc2ccc(-c3cccc(CN4CCc5ccc(C(F)(F)F)cc54)c3)cc2)c1. The molecule has 36 heavy (non-hydrogen) atoms. The first-order chi connectivity index (χ1) is 17.4. The van der Waals surface area contributed by atoms with Crippen LogP contribution in [0.3, 0.4) is 0 Å². The van der Waals surface area contributed by atoms with E-state index in [1.807, 2.05) is 47.4 Å². The van der Waals surface area contributed by atoms with E-state index in [-0.39, 0.29) is 0 Å². The molecule has 0 saturated carbocycles. The van der Waals surface area contributed by atoms with Gasteiger partial charge in [-0.3, -0.25) is 9.78 Å². The molecule has 0 N–H and O–H groups in total. The van der Waals surface area contributed by atoms with Crippen molar-refractivity contribution in [1.29, 1.82) is 0 Å². The van der Waals surface area contributed by atoms with Gasteiger partial charge in [-0.2, -0.15) is 13.2 Å². The zero-order valence-electron chi connectivity index (χ0n) is 19.3. The van der Waals surface area contributed by atoms with E-state index in [9.17, 15) is 18.0 Å². The van der Waals surface area contributed by atoms with Crippen LogP contribution in [0.15, 0.2) is 85.2 Å². The van der Waals surface area contributed by atoms with E-state index in [1.54, 1.807) is 18.3 Å². The number of rotatable bonds is 7. The molecule has 0 radical (unpaired) electrons. The number of carbonyl (C=O) groups is 1. The van der Waals surface area contributed by atoms with Gasteiger partial charge in [0.15, 0.2) is 6.29 Å². The zero-order chi connectivity index (χ0) is 25.1. The predicted octanol–water partition coefficient (Wildman–Crippen LogP) is 6.72. The number of benzene rings is 3. The van der Waals surface area contributed by atoms with Gasteiger partial charge in [0.05, 0.1) is 11.8 Å². The highest BCUT2D eigenvalue weighted by atomic mass is 19.4. The molecule has 0 aliphatic carbocycles. The highest BCUT2D eigenvalue weighted by molar-refractivity contribution is 5.74. The summed E-state index contributed by atoms with van der Waals surface area (Å²) < 4.78 is 45.3. The molecule has 182 valence electrons. The summed E-state index contributed by atoms with van der Waals surface area (Å²) in [6, 6.07) is 21.7. The quantitative estimate of drug-likeness (QED) is 0.271. The van der Waals surface area contributed by atoms with E-state index in [0.717, 1.165) is 46.6 Å². The fraction of sp³-hybridized carbons (Fsp3) is 0.172. The lowest BCUT2D eigenvalue weighted by atomic mass is 10.0. The van der Waals surface area contributed by atoms with Gasteiger partial charge >= 0.3 is 6.18 Å². The van der Waals surface area contributed by atoms with Crippen molar-refractivity contribution >= 4 is 12.0 Å². The molecule has 0 atom stereocenters. The molecule has 4 nitrogen and oxygen atoms in total. The third-order valence-corrected chi connectivity index (χ3v) is 6.27. The summed E-state index contributed by atoms with van der Waals surface area (Å²) in [6.45, 7) is 1.58. The van der Waals surface area contributed by atoms with E-state index >= 15 is 0 Å². The molecule has 0 amide bonds. The summed E-state index contributed by atoms with van der Waals surface area (Å²) in [5.74, 6) is 0.530. The smallest absolute Gasteiger partial charge is 0.416 e. The second kappa shape index (κ2) is 9.85. The van der Waals surface area contributed by atoms with Gasteiger partial charge in [0.1, 0.15) is 12.4 Å². The number of ether oxygens (including phenoxy) is 1. The molecule has 1 aliphatic rings. The third kappa shape index (κ3) is 5.25. The lowest BCUT2D eigenvalue weighted by molar-refractivity contribution is -0.137. The van der Waals surface area contributed by atoms with Crippen LogP contribution in [-0.4, -0.2) is 17.8 Å². The Morgan fingerprint density at radius 1 is 0.917 bits per heavy atom. The minimum Gasteiger partial charge on any atom is -0.487 e. The van der Waals surface area contributed by atoms with Crippen molar-refractivity contribution in [2.45, 2.75) is 25.7 Å². The van der Waals surface area contributed by atoms with Gasteiger partial charge in [0, 0.05) is 30.5 Å². The first-order valence-corrected chi connectivity index (χ1v) is 11.6. The van der Waals surface area contributed by atoms with Crippen LogP contribution < -0.4 is 9.64 Å². The van der Waals surface area contributed by atoms with Crippen LogP contribution in [0.4, 0.5) is 18.9 Å². The second-order valence-electron chi connectivity index (χ2n) is 8.77. The van der Waals surface area contributed by atoms with E-state index < -0.39 is 11.7 Å². The Balaban J connectivity index is 1.27. The Morgan fingerprint density at radius 2 is 1.75 bits per heavy atom. The van der Waals surface area contributed by atoms with E-state index in [4.69, 9.17) is 4.74 Å². The largest absolute Gasteiger partial charge is 0.487 e. The van der Waals surface area contributed by atoms with Crippen LogP contribution in [0.1, 0.15) is 32.6 Å². The predicted molar refractivity (Wildman–Crippen MR) is 132 cm³/mol. The maximum atomic E-state index is 13.2. The summed E-state index contributed by atoms with van der Waals surface area (Å²) in [5, 5.41) is 0. The molecule has 2 heterocycles. The molecule has 0 saturated heterocycles. The summed E-state index contributed by atoms with van der Waals surface area (Å²) in [5.41, 5.74) is 5.53. The number of pyridine rings is 1. The molecule has 0 spiro atoms. The topological polar surface area (TPSA) is 42.4 Å². The lowest BCUT2D eigenvalue weighted by Crippen LogP contribution is -2.20. The number of fused-ring (bicyclic) bond motifs is 1. The van der Waals surface area contributed by atoms with E-state index in [2.05, 4.69) is 11.1 Å². The Hall–Kier alpha value is -4.13. The van der Waals surface area contributed by atoms with Crippen LogP contribution in [0, 0.1) is 0 Å². The fourth-order valence-corrected chi connectivity index (χ4v) is 4.39. The van der Waals surface area contributed by atoms with Crippen molar-refractivity contribution in [3.63, 3.8) is 0 Å². The van der Waals surface area contributed by atoms with Crippen LogP contribution in [0.25, 0.3) is 11.1 Å². The maximum absolute atomic E-state index is 13.2. The maximum Gasteiger partial charge on any atom is 0.416 e. The molecule has 4 aromatic rings. The van der Waals surface area contributed by atoms with Gasteiger partial charge in [0.2, 0.25) is 0 Å². The first-order valence-electron chi connectivity index (χ1n) is 11.6. The number of anilines is 1. The first kappa shape index (κ1) is 23.6. The van der Waals surface area contributed by atoms with Gasteiger partial charge in [0.25, 0.3) is 0 Å². The number of halogens is 3. The minimum atomic E-state index is -4.35. The van der Waals surface area contributed by atoms with Crippen LogP contribution in [0.5, 0.6) is 5.75 Å². The molecule has 1 aliphatic heterocycles. The van der Waals surface area contributed by atoms with E-state index in [0.29, 0.717) is 36.7 Å². The highest BCUT2D eigenvalue weighted by Gasteiger charge is 2.32. The molecule has 5 rings (SSSR count). The van der Waals surface area contributed by atoms with E-state index in [1.165, 1.54) is 12.3 Å². The van der Waals surface area contributed by atoms with Crippen molar-refractivity contribution in [2.75, 3.05) is 11.4 Å². The van der Waals surface area contributed by atoms with Gasteiger partial charge in [-0.05, 0) is 58.5 Å². The number of hydrogen-bond donors (Lipinski definition) is 0. The molecular weight excluding hydrogens is 465 g/mol. The van der Waals surface area contributed by atoms with Crippen molar-refractivity contribution in [1.82, 2.24) is 4.98 Å². The fourth-order valence-electron chi connectivity index (χ4n) is 4.39. The Labute approximate surface area is 207 Å². The van der Waals surface area contributed by atoms with Gasteiger partial charge < -0.3 is 9.64 Å². The number of hydrogen-bond acceptors (Lipinski definition) is 4. The summed E-state index contributed by atoms with van der Waals surface area (Å²) >= 11 is 0. The van der Waals surface area contributed by atoms with Crippen molar-refractivity contribution < 1.29 is 22.7 Å². The number of aromatic nitrogens is 1. The zero-order valence-corrected chi connectivity index (χ0v) is 19.3. The van der Waals surface area contributed by atoms with Crippen molar-refractivity contribution in [2.24, 2.45) is 0 Å². The Morgan fingerprint density at radius 3 is 2.53 bits per heavy atom. The van der Waals surface area contributed by atoms with Crippen LogP contribution >= 0.6 is 0 Å². The highest BCUT2D eigenvalue weighted by Crippen LogP contribution is 2.37. The third-order valence-electron chi connectivity index (χ3n) is 6.27. The van der Waals surface area contributed by atoms with Crippen LogP contribution in [-0.2, 0) is 25.7 Å². The lowest BCUT2D eigenvalue weighted by Gasteiger charge is -2.21. The average Bonchev–Trinajstić information content (AvgIpc) is 3.29. The standard InChI is InChI=1S/C29H23F3N2O2/c30-29(31,32)26-9-8-24-10-11-34(28(24)14-26)17-21-2-1-3-25(12-21)23-6-4-20(5-7-23)19-36-27-13-22(18-35)15-33-16-27/h1-9,12-16,18H,10-11,17,19H2. The number of alkyl halides is 3. The summed E-state index contributed by atoms with van der Waals surface area (Å²) in [4.78, 5) is 16.9. The summed E-state index contributed by atoms with van der Waals surface area (Å²) in [7, 11) is 0. The average molecular weight is 489 g/mol. The molecule has 1 aromatic heterocycles. The summed E-state index contributed by atoms with van der Waals surface area (Å²) in [6.07, 6.45) is 0.161.